The van der Waals surface area contributed by atoms with E-state index in [1.54, 1.807) is 18.2 Å². The third-order valence-corrected chi connectivity index (χ3v) is 3.98. The summed E-state index contributed by atoms with van der Waals surface area (Å²) < 4.78 is 48.9. The Morgan fingerprint density at radius 2 is 1.88 bits per heavy atom. The van der Waals surface area contributed by atoms with Gasteiger partial charge in [-0.3, -0.25) is 4.79 Å². The van der Waals surface area contributed by atoms with Gasteiger partial charge in [0, 0.05) is 12.2 Å². The van der Waals surface area contributed by atoms with Gasteiger partial charge in [0.15, 0.2) is 11.5 Å². The molecule has 1 heterocycles. The van der Waals surface area contributed by atoms with Gasteiger partial charge >= 0.3 is 6.18 Å². The molecule has 2 aromatic rings. The van der Waals surface area contributed by atoms with Crippen LogP contribution in [0.1, 0.15) is 11.1 Å². The van der Waals surface area contributed by atoms with Gasteiger partial charge in [0.1, 0.15) is 0 Å². The summed E-state index contributed by atoms with van der Waals surface area (Å²) in [6, 6.07) is 8.67. The maximum atomic E-state index is 12.8. The van der Waals surface area contributed by atoms with Gasteiger partial charge in [-0.2, -0.15) is 13.2 Å². The summed E-state index contributed by atoms with van der Waals surface area (Å²) in [6.45, 7) is 0.241. The summed E-state index contributed by atoms with van der Waals surface area (Å²) in [5.41, 5.74) is 0.0124. The van der Waals surface area contributed by atoms with Crippen molar-refractivity contribution in [3.63, 3.8) is 0 Å². The van der Waals surface area contributed by atoms with Gasteiger partial charge in [-0.15, -0.1) is 0 Å². The third kappa shape index (κ3) is 4.32. The van der Waals surface area contributed by atoms with Crippen molar-refractivity contribution in [1.82, 2.24) is 5.32 Å². The van der Waals surface area contributed by atoms with Crippen molar-refractivity contribution in [3.05, 3.63) is 52.5 Å². The molecule has 2 N–H and O–H groups in total. The molecule has 3 rings (SSSR count). The molecule has 0 spiro atoms. The van der Waals surface area contributed by atoms with Gasteiger partial charge in [-0.25, -0.2) is 0 Å². The van der Waals surface area contributed by atoms with Crippen LogP contribution >= 0.6 is 11.6 Å². The fraction of sp³-hybridized carbons (Fsp3) is 0.235. The van der Waals surface area contributed by atoms with Crippen molar-refractivity contribution >= 4 is 23.2 Å². The molecule has 0 radical (unpaired) electrons. The average Bonchev–Trinajstić information content (AvgIpc) is 3.06. The van der Waals surface area contributed by atoms with Crippen LogP contribution in [0.4, 0.5) is 18.9 Å². The second-order valence-corrected chi connectivity index (χ2v) is 5.92. The van der Waals surface area contributed by atoms with E-state index in [4.69, 9.17) is 21.1 Å². The van der Waals surface area contributed by atoms with Gasteiger partial charge in [0.05, 0.1) is 17.1 Å². The zero-order chi connectivity index (χ0) is 18.7. The van der Waals surface area contributed by atoms with E-state index in [1.165, 1.54) is 6.07 Å². The molecule has 2 aromatic carbocycles. The molecule has 5 nitrogen and oxygen atoms in total. The summed E-state index contributed by atoms with van der Waals surface area (Å²) >= 11 is 5.56. The standard InChI is InChI=1S/C17H14ClF3N2O3/c18-13-3-2-11(6-12(13)17(19,20)21)22-8-16(24)23-7-10-1-4-14-15(5-10)26-9-25-14/h1-6,22H,7-9H2,(H,23,24). The number of alkyl halides is 3. The van der Waals surface area contributed by atoms with Gasteiger partial charge in [-0.05, 0) is 35.9 Å². The van der Waals surface area contributed by atoms with Gasteiger partial charge in [0.25, 0.3) is 0 Å². The van der Waals surface area contributed by atoms with E-state index in [1.807, 2.05) is 0 Å². The zero-order valence-electron chi connectivity index (χ0n) is 13.3. The van der Waals surface area contributed by atoms with Crippen LogP contribution in [0.2, 0.25) is 5.02 Å². The van der Waals surface area contributed by atoms with Crippen molar-refractivity contribution in [2.24, 2.45) is 0 Å². The smallest absolute Gasteiger partial charge is 0.417 e. The molecule has 9 heteroatoms. The number of rotatable bonds is 5. The fourth-order valence-corrected chi connectivity index (χ4v) is 2.57. The highest BCUT2D eigenvalue weighted by Gasteiger charge is 2.33. The molecule has 0 aliphatic carbocycles. The molecule has 0 bridgehead atoms. The Bertz CT molecular complexity index is 827. The largest absolute Gasteiger partial charge is 0.454 e. The van der Waals surface area contributed by atoms with Crippen LogP contribution in [0.3, 0.4) is 0 Å². The molecule has 0 unspecified atom stereocenters. The van der Waals surface area contributed by atoms with E-state index in [-0.39, 0.29) is 31.5 Å². The van der Waals surface area contributed by atoms with Crippen LogP contribution in [-0.4, -0.2) is 19.2 Å². The maximum Gasteiger partial charge on any atom is 0.417 e. The number of hydrogen-bond donors (Lipinski definition) is 2. The van der Waals surface area contributed by atoms with Crippen molar-refractivity contribution in [3.8, 4) is 11.5 Å². The summed E-state index contributed by atoms with van der Waals surface area (Å²) in [6.07, 6.45) is -4.56. The first-order valence-corrected chi connectivity index (χ1v) is 7.96. The van der Waals surface area contributed by atoms with E-state index >= 15 is 0 Å². The van der Waals surface area contributed by atoms with Crippen LogP contribution in [0.25, 0.3) is 0 Å². The molecule has 0 fully saturated rings. The number of benzene rings is 2. The first-order chi connectivity index (χ1) is 12.3. The molecule has 1 aliphatic heterocycles. The Morgan fingerprint density at radius 1 is 1.12 bits per heavy atom. The van der Waals surface area contributed by atoms with Crippen LogP contribution < -0.4 is 20.1 Å². The summed E-state index contributed by atoms with van der Waals surface area (Å²) in [7, 11) is 0. The molecule has 0 saturated carbocycles. The van der Waals surface area contributed by atoms with E-state index in [9.17, 15) is 18.0 Å². The fourth-order valence-electron chi connectivity index (χ4n) is 2.35. The van der Waals surface area contributed by atoms with Crippen molar-refractivity contribution in [1.29, 1.82) is 0 Å². The Labute approximate surface area is 152 Å². The van der Waals surface area contributed by atoms with Crippen LogP contribution in [0, 0.1) is 0 Å². The highest BCUT2D eigenvalue weighted by atomic mass is 35.5. The molecule has 0 saturated heterocycles. The predicted molar refractivity (Wildman–Crippen MR) is 89.4 cm³/mol. The SMILES string of the molecule is O=C(CNc1ccc(Cl)c(C(F)(F)F)c1)NCc1ccc2c(c1)OCO2. The molecular formula is C17H14ClF3N2O3. The van der Waals surface area contributed by atoms with Gasteiger partial charge in [-0.1, -0.05) is 17.7 Å². The summed E-state index contributed by atoms with van der Waals surface area (Å²) in [5.74, 6) is 0.881. The highest BCUT2D eigenvalue weighted by Crippen LogP contribution is 2.36. The van der Waals surface area contributed by atoms with Crippen LogP contribution in [0.15, 0.2) is 36.4 Å². The lowest BCUT2D eigenvalue weighted by Gasteiger charge is -2.12. The van der Waals surface area contributed by atoms with E-state index < -0.39 is 16.8 Å². The Morgan fingerprint density at radius 3 is 2.65 bits per heavy atom. The molecular weight excluding hydrogens is 373 g/mol. The second-order valence-electron chi connectivity index (χ2n) is 5.51. The minimum absolute atomic E-state index is 0.153. The summed E-state index contributed by atoms with van der Waals surface area (Å²) in [5, 5.41) is 4.92. The summed E-state index contributed by atoms with van der Waals surface area (Å²) in [4.78, 5) is 11.9. The topological polar surface area (TPSA) is 59.6 Å². The number of anilines is 1. The van der Waals surface area contributed by atoms with Crippen LogP contribution in [-0.2, 0) is 17.5 Å². The molecule has 0 atom stereocenters. The lowest BCUT2D eigenvalue weighted by molar-refractivity contribution is -0.137. The minimum Gasteiger partial charge on any atom is -0.454 e. The van der Waals surface area contributed by atoms with Crippen molar-refractivity contribution in [2.75, 3.05) is 18.7 Å². The maximum absolute atomic E-state index is 12.8. The Balaban J connectivity index is 1.53. The zero-order valence-corrected chi connectivity index (χ0v) is 14.1. The quantitative estimate of drug-likeness (QED) is 0.820. The second kappa shape index (κ2) is 7.33. The average molecular weight is 387 g/mol. The number of nitrogens with one attached hydrogen (secondary N) is 2. The normalized spacial score (nSPS) is 12.8. The molecule has 0 aromatic heterocycles. The van der Waals surface area contributed by atoms with Crippen molar-refractivity contribution in [2.45, 2.75) is 12.7 Å². The molecule has 1 amide bonds. The number of hydrogen-bond acceptors (Lipinski definition) is 4. The molecule has 26 heavy (non-hydrogen) atoms. The monoisotopic (exact) mass is 386 g/mol. The number of halogens is 4. The number of fused-ring (bicyclic) bond motifs is 1. The van der Waals surface area contributed by atoms with Crippen LogP contribution in [0.5, 0.6) is 11.5 Å². The van der Waals surface area contributed by atoms with Crippen molar-refractivity contribution < 1.29 is 27.4 Å². The first kappa shape index (κ1) is 18.2. The molecule has 138 valence electrons. The lowest BCUT2D eigenvalue weighted by Crippen LogP contribution is -2.29. The number of carbonyl (C=O) groups excluding carboxylic acids is 1. The lowest BCUT2D eigenvalue weighted by atomic mass is 10.2. The van der Waals surface area contributed by atoms with Gasteiger partial charge in [0.2, 0.25) is 12.7 Å². The molecule has 1 aliphatic rings. The number of amides is 1. The number of carbonyl (C=O) groups is 1. The highest BCUT2D eigenvalue weighted by molar-refractivity contribution is 6.31. The predicted octanol–water partition coefficient (Wildman–Crippen LogP) is 3.82. The van der Waals surface area contributed by atoms with E-state index in [0.29, 0.717) is 11.5 Å². The van der Waals surface area contributed by atoms with E-state index in [0.717, 1.165) is 17.7 Å². The first-order valence-electron chi connectivity index (χ1n) is 7.59. The van der Waals surface area contributed by atoms with E-state index in [2.05, 4.69) is 10.6 Å². The van der Waals surface area contributed by atoms with Gasteiger partial charge < -0.3 is 20.1 Å². The number of ether oxygens (including phenoxy) is 2. The Hall–Kier alpha value is -2.61. The minimum atomic E-state index is -4.56. The Kier molecular flexibility index (Phi) is 5.13. The third-order valence-electron chi connectivity index (χ3n) is 3.65.